The summed E-state index contributed by atoms with van der Waals surface area (Å²) in [5.74, 6) is -6.90. The van der Waals surface area contributed by atoms with Crippen molar-refractivity contribution in [1.82, 2.24) is 4.90 Å². The first-order valence-electron chi connectivity index (χ1n) is 11.6. The molecule has 7 atom stereocenters. The standard InChI is InChI=1S/C22H29F2NO9S/c1-9(22(23,24)35(30,31)32)33-19(28)14-12-8-11-13(14)17(26)25(20(29)21(2,3)4)15(11)16(12)34-18(27)10-6-5-7-10/h9-16H,5-8H2,1-4H3,(H,30,31,32). The number of alkyl halides is 2. The number of halogens is 2. The van der Waals surface area contributed by atoms with Crippen molar-refractivity contribution < 1.29 is 50.4 Å². The predicted molar refractivity (Wildman–Crippen MR) is 113 cm³/mol. The number of carbonyl (C=O) groups excluding carboxylic acids is 4. The minimum atomic E-state index is -5.87. The molecule has 10 nitrogen and oxygen atoms in total. The van der Waals surface area contributed by atoms with Gasteiger partial charge in [-0.05, 0) is 32.1 Å². The average molecular weight is 522 g/mol. The third kappa shape index (κ3) is 3.94. The highest BCUT2D eigenvalue weighted by atomic mass is 32.2. The largest absolute Gasteiger partial charge is 0.460 e. The Balaban J connectivity index is 1.65. The lowest BCUT2D eigenvalue weighted by molar-refractivity contribution is -0.176. The van der Waals surface area contributed by atoms with Gasteiger partial charge in [0.15, 0.2) is 6.10 Å². The van der Waals surface area contributed by atoms with Gasteiger partial charge in [-0.1, -0.05) is 27.2 Å². The van der Waals surface area contributed by atoms with Crippen molar-refractivity contribution in [1.29, 1.82) is 0 Å². The van der Waals surface area contributed by atoms with Gasteiger partial charge in [0.05, 0.1) is 23.8 Å². The molecular formula is C22H29F2NO9S. The number of fused-ring (bicyclic) bond motifs is 1. The van der Waals surface area contributed by atoms with Gasteiger partial charge in [-0.2, -0.15) is 17.2 Å². The van der Waals surface area contributed by atoms with Gasteiger partial charge in [-0.15, -0.1) is 0 Å². The lowest BCUT2D eigenvalue weighted by Gasteiger charge is -2.36. The molecule has 2 bridgehead atoms. The Bertz CT molecular complexity index is 1070. The van der Waals surface area contributed by atoms with Crippen LogP contribution in [0, 0.1) is 35.0 Å². The molecule has 0 radical (unpaired) electrons. The first-order valence-corrected chi connectivity index (χ1v) is 13.1. The highest BCUT2D eigenvalue weighted by molar-refractivity contribution is 7.86. The van der Waals surface area contributed by atoms with Crippen LogP contribution in [-0.2, 0) is 38.8 Å². The summed E-state index contributed by atoms with van der Waals surface area (Å²) in [5, 5.41) is -4.77. The van der Waals surface area contributed by atoms with Crippen molar-refractivity contribution in [3.63, 3.8) is 0 Å². The number of nitrogens with zero attached hydrogens (tertiary/aromatic N) is 1. The highest BCUT2D eigenvalue weighted by Crippen LogP contribution is 2.60. The Kier molecular flexibility index (Phi) is 6.06. The molecule has 0 aromatic carbocycles. The minimum Gasteiger partial charge on any atom is -0.460 e. The number of esters is 2. The topological polar surface area (TPSA) is 144 Å². The molecule has 0 aromatic heterocycles. The van der Waals surface area contributed by atoms with Crippen LogP contribution in [0.2, 0.25) is 0 Å². The smallest absolute Gasteiger partial charge is 0.405 e. The van der Waals surface area contributed by atoms with Gasteiger partial charge >= 0.3 is 27.3 Å². The first kappa shape index (κ1) is 25.9. The molecule has 1 saturated heterocycles. The number of amides is 2. The molecule has 0 spiro atoms. The van der Waals surface area contributed by atoms with E-state index in [0.29, 0.717) is 19.8 Å². The minimum absolute atomic E-state index is 0.237. The zero-order chi connectivity index (χ0) is 26.2. The Hall–Kier alpha value is -2.15. The van der Waals surface area contributed by atoms with Crippen LogP contribution in [0.4, 0.5) is 8.78 Å². The molecule has 4 fully saturated rings. The SMILES string of the molecule is CC(OC(=O)C1C2CC3C1C(=O)N(C(=O)C(C)(C)C)C3C2OC(=O)C1CCC1)C(F)(F)S(=O)(=O)O. The van der Waals surface area contributed by atoms with Gasteiger partial charge in [0.2, 0.25) is 11.8 Å². The summed E-state index contributed by atoms with van der Waals surface area (Å²) in [4.78, 5) is 53.3. The van der Waals surface area contributed by atoms with Gasteiger partial charge < -0.3 is 9.47 Å². The third-order valence-corrected chi connectivity index (χ3v) is 8.82. The highest BCUT2D eigenvalue weighted by Gasteiger charge is 2.72. The molecular weight excluding hydrogens is 492 g/mol. The normalized spacial score (nSPS) is 33.5. The summed E-state index contributed by atoms with van der Waals surface area (Å²) in [6, 6.07) is -0.769. The van der Waals surface area contributed by atoms with E-state index >= 15 is 0 Å². The number of imide groups is 1. The number of hydrogen-bond donors (Lipinski definition) is 1. The maximum atomic E-state index is 14.0. The average Bonchev–Trinajstić information content (AvgIpc) is 3.27. The molecule has 1 heterocycles. The Labute approximate surface area is 201 Å². The van der Waals surface area contributed by atoms with E-state index in [2.05, 4.69) is 0 Å². The maximum Gasteiger partial charge on any atom is 0.405 e. The Morgan fingerprint density at radius 2 is 1.71 bits per heavy atom. The van der Waals surface area contributed by atoms with E-state index in [1.807, 2.05) is 0 Å². The number of likely N-dealkylation sites (tertiary alicyclic amines) is 1. The van der Waals surface area contributed by atoms with Gasteiger partial charge in [0.25, 0.3) is 0 Å². The summed E-state index contributed by atoms with van der Waals surface area (Å²) in [7, 11) is -5.87. The third-order valence-electron chi connectivity index (χ3n) is 7.81. The molecule has 35 heavy (non-hydrogen) atoms. The molecule has 7 unspecified atom stereocenters. The van der Waals surface area contributed by atoms with Gasteiger partial charge in [0, 0.05) is 11.3 Å². The second kappa shape index (κ2) is 8.19. The molecule has 13 heteroatoms. The van der Waals surface area contributed by atoms with Crippen LogP contribution < -0.4 is 0 Å². The predicted octanol–water partition coefficient (Wildman–Crippen LogP) is 1.78. The number of carbonyl (C=O) groups is 4. The van der Waals surface area contributed by atoms with E-state index < -0.39 is 86.5 Å². The van der Waals surface area contributed by atoms with Gasteiger partial charge in [0.1, 0.15) is 6.10 Å². The lowest BCUT2D eigenvalue weighted by atomic mass is 9.78. The van der Waals surface area contributed by atoms with Crippen LogP contribution in [0.1, 0.15) is 53.4 Å². The molecule has 2 amide bonds. The number of rotatable bonds is 6. The Morgan fingerprint density at radius 1 is 1.11 bits per heavy atom. The lowest BCUT2D eigenvalue weighted by Crippen LogP contribution is -2.52. The van der Waals surface area contributed by atoms with E-state index in [1.165, 1.54) is 0 Å². The molecule has 4 aliphatic rings. The zero-order valence-corrected chi connectivity index (χ0v) is 20.6. The summed E-state index contributed by atoms with van der Waals surface area (Å²) in [5.41, 5.74) is -0.956. The molecule has 1 N–H and O–H groups in total. The fourth-order valence-electron chi connectivity index (χ4n) is 5.79. The molecule has 4 rings (SSSR count). The fourth-order valence-corrected chi connectivity index (χ4v) is 6.26. The summed E-state index contributed by atoms with van der Waals surface area (Å²) >= 11 is 0. The van der Waals surface area contributed by atoms with Crippen molar-refractivity contribution >= 4 is 33.9 Å². The zero-order valence-electron chi connectivity index (χ0n) is 19.8. The first-order chi connectivity index (χ1) is 16.0. The number of ether oxygens (including phenoxy) is 2. The second-order valence-corrected chi connectivity index (χ2v) is 12.5. The molecule has 1 aliphatic heterocycles. The van der Waals surface area contributed by atoms with E-state index in [-0.39, 0.29) is 12.3 Å². The van der Waals surface area contributed by atoms with Crippen LogP contribution in [-0.4, -0.2) is 65.1 Å². The van der Waals surface area contributed by atoms with Crippen LogP contribution in [0.25, 0.3) is 0 Å². The van der Waals surface area contributed by atoms with Crippen LogP contribution in [0.5, 0.6) is 0 Å². The molecule has 196 valence electrons. The van der Waals surface area contributed by atoms with Crippen LogP contribution >= 0.6 is 0 Å². The van der Waals surface area contributed by atoms with Gasteiger partial charge in [-0.3, -0.25) is 28.6 Å². The van der Waals surface area contributed by atoms with Crippen molar-refractivity contribution in [3.05, 3.63) is 0 Å². The van der Waals surface area contributed by atoms with Crippen molar-refractivity contribution in [2.45, 2.75) is 76.9 Å². The number of hydrogen-bond acceptors (Lipinski definition) is 8. The summed E-state index contributed by atoms with van der Waals surface area (Å²) in [6.45, 7) is 5.47. The molecule has 0 aromatic rings. The quantitative estimate of drug-likeness (QED) is 0.408. The van der Waals surface area contributed by atoms with Crippen molar-refractivity contribution in [2.24, 2.45) is 35.0 Å². The Morgan fingerprint density at radius 3 is 2.20 bits per heavy atom. The van der Waals surface area contributed by atoms with Crippen LogP contribution in [0.3, 0.4) is 0 Å². The van der Waals surface area contributed by atoms with Crippen LogP contribution in [0.15, 0.2) is 0 Å². The van der Waals surface area contributed by atoms with Crippen molar-refractivity contribution in [2.75, 3.05) is 0 Å². The van der Waals surface area contributed by atoms with E-state index in [4.69, 9.17) is 14.0 Å². The molecule has 3 saturated carbocycles. The van der Waals surface area contributed by atoms with E-state index in [0.717, 1.165) is 11.3 Å². The monoisotopic (exact) mass is 521 g/mol. The second-order valence-electron chi connectivity index (χ2n) is 11.0. The summed E-state index contributed by atoms with van der Waals surface area (Å²) < 4.78 is 69.4. The van der Waals surface area contributed by atoms with E-state index in [9.17, 15) is 36.4 Å². The fraction of sp³-hybridized carbons (Fsp3) is 0.818. The van der Waals surface area contributed by atoms with E-state index in [1.54, 1.807) is 20.8 Å². The van der Waals surface area contributed by atoms with Crippen molar-refractivity contribution in [3.8, 4) is 0 Å². The summed E-state index contributed by atoms with van der Waals surface area (Å²) in [6.07, 6.45) is -1.16. The maximum absolute atomic E-state index is 14.0. The van der Waals surface area contributed by atoms with Gasteiger partial charge in [-0.25, -0.2) is 0 Å². The molecule has 3 aliphatic carbocycles.